The van der Waals surface area contributed by atoms with Crippen LogP contribution in [0.15, 0.2) is 42.6 Å². The van der Waals surface area contributed by atoms with Crippen LogP contribution in [0.2, 0.25) is 0 Å². The van der Waals surface area contributed by atoms with E-state index in [0.717, 1.165) is 19.4 Å². The molecule has 1 aromatic heterocycles. The molecule has 1 aromatic carbocycles. The van der Waals surface area contributed by atoms with Crippen LogP contribution in [-0.2, 0) is 6.42 Å². The van der Waals surface area contributed by atoms with Gasteiger partial charge in [0.2, 0.25) is 0 Å². The number of hydrogen-bond donors (Lipinski definition) is 2. The van der Waals surface area contributed by atoms with E-state index in [9.17, 15) is 14.3 Å². The van der Waals surface area contributed by atoms with Crippen molar-refractivity contribution in [1.82, 2.24) is 4.98 Å². The zero-order chi connectivity index (χ0) is 17.9. The number of primary amides is 1. The van der Waals surface area contributed by atoms with E-state index in [4.69, 9.17) is 5.73 Å². The number of piperidine rings is 1. The lowest BCUT2D eigenvalue weighted by Gasteiger charge is -2.43. The molecule has 0 spiro atoms. The Labute approximate surface area is 146 Å². The summed E-state index contributed by atoms with van der Waals surface area (Å²) in [6, 6.07) is 9.97. The molecule has 3 N–H and O–H groups in total. The summed E-state index contributed by atoms with van der Waals surface area (Å²) < 4.78 is 14.1. The summed E-state index contributed by atoms with van der Waals surface area (Å²) in [6.07, 6.45) is 3.66. The maximum Gasteiger partial charge on any atom is 0.252 e. The Morgan fingerprint density at radius 1 is 1.32 bits per heavy atom. The smallest absolute Gasteiger partial charge is 0.252 e. The van der Waals surface area contributed by atoms with E-state index >= 15 is 0 Å². The van der Waals surface area contributed by atoms with Crippen molar-refractivity contribution in [2.45, 2.75) is 19.3 Å². The number of nitrogens with zero attached hydrogens (tertiary/aromatic N) is 2. The molecule has 0 aliphatic carbocycles. The molecule has 1 atom stereocenters. The average molecular weight is 343 g/mol. The number of aromatic nitrogens is 1. The number of pyridine rings is 1. The quantitative estimate of drug-likeness (QED) is 0.872. The number of carbonyl (C=O) groups excluding carboxylic acids is 1. The Bertz CT molecular complexity index is 768. The van der Waals surface area contributed by atoms with Crippen LogP contribution < -0.4 is 10.6 Å². The van der Waals surface area contributed by atoms with Gasteiger partial charge in [0.25, 0.3) is 5.91 Å². The lowest BCUT2D eigenvalue weighted by Crippen LogP contribution is -2.47. The van der Waals surface area contributed by atoms with E-state index in [1.54, 1.807) is 36.5 Å². The van der Waals surface area contributed by atoms with Gasteiger partial charge in [-0.2, -0.15) is 0 Å². The second kappa shape index (κ2) is 7.19. The lowest BCUT2D eigenvalue weighted by molar-refractivity contribution is 0.0993. The van der Waals surface area contributed by atoms with Gasteiger partial charge in [0.15, 0.2) is 0 Å². The Morgan fingerprint density at radius 3 is 2.84 bits per heavy atom. The number of nitrogens with two attached hydrogens (primary N) is 1. The van der Waals surface area contributed by atoms with Crippen LogP contribution in [0.1, 0.15) is 28.8 Å². The first-order valence-corrected chi connectivity index (χ1v) is 8.39. The van der Waals surface area contributed by atoms with Crippen molar-refractivity contribution >= 4 is 11.7 Å². The second-order valence-electron chi connectivity index (χ2n) is 6.69. The summed E-state index contributed by atoms with van der Waals surface area (Å²) in [4.78, 5) is 18.0. The third kappa shape index (κ3) is 3.64. The minimum atomic E-state index is -0.530. The summed E-state index contributed by atoms with van der Waals surface area (Å²) in [7, 11) is 0. The summed E-state index contributed by atoms with van der Waals surface area (Å²) >= 11 is 0. The van der Waals surface area contributed by atoms with Crippen molar-refractivity contribution in [1.29, 1.82) is 0 Å². The summed E-state index contributed by atoms with van der Waals surface area (Å²) in [5.74, 6) is -0.262. The van der Waals surface area contributed by atoms with Gasteiger partial charge in [-0.15, -0.1) is 0 Å². The number of rotatable bonds is 5. The number of benzene rings is 1. The van der Waals surface area contributed by atoms with Gasteiger partial charge in [0, 0.05) is 24.7 Å². The molecule has 1 saturated heterocycles. The molecule has 1 fully saturated rings. The van der Waals surface area contributed by atoms with Crippen molar-refractivity contribution in [3.8, 4) is 0 Å². The molecule has 2 heterocycles. The summed E-state index contributed by atoms with van der Waals surface area (Å²) in [5.41, 5.74) is 5.94. The minimum Gasteiger partial charge on any atom is -0.396 e. The number of aliphatic hydroxyl groups excluding tert-OH is 1. The van der Waals surface area contributed by atoms with Crippen molar-refractivity contribution in [2.24, 2.45) is 11.1 Å². The van der Waals surface area contributed by atoms with Gasteiger partial charge in [-0.25, -0.2) is 9.37 Å². The van der Waals surface area contributed by atoms with Gasteiger partial charge in [0.1, 0.15) is 11.6 Å². The number of amides is 1. The van der Waals surface area contributed by atoms with Gasteiger partial charge in [-0.3, -0.25) is 4.79 Å². The summed E-state index contributed by atoms with van der Waals surface area (Å²) in [5, 5.41) is 10.1. The molecule has 6 heteroatoms. The van der Waals surface area contributed by atoms with E-state index < -0.39 is 11.3 Å². The fourth-order valence-corrected chi connectivity index (χ4v) is 3.60. The van der Waals surface area contributed by atoms with E-state index in [1.165, 1.54) is 6.07 Å². The van der Waals surface area contributed by atoms with Crippen LogP contribution in [0.3, 0.4) is 0 Å². The first-order chi connectivity index (χ1) is 12.0. The number of carbonyl (C=O) groups is 1. The number of aliphatic hydroxyl groups is 1. The largest absolute Gasteiger partial charge is 0.396 e. The predicted molar refractivity (Wildman–Crippen MR) is 93.8 cm³/mol. The summed E-state index contributed by atoms with van der Waals surface area (Å²) in [6.45, 7) is 1.15. The van der Waals surface area contributed by atoms with Gasteiger partial charge in [-0.1, -0.05) is 18.2 Å². The normalized spacial score (nSPS) is 20.5. The predicted octanol–water partition coefficient (Wildman–Crippen LogP) is 2.14. The highest BCUT2D eigenvalue weighted by Crippen LogP contribution is 2.36. The monoisotopic (exact) mass is 343 g/mol. The van der Waals surface area contributed by atoms with Crippen LogP contribution in [-0.4, -0.2) is 35.7 Å². The van der Waals surface area contributed by atoms with Crippen LogP contribution in [0.4, 0.5) is 10.2 Å². The molecule has 1 aliphatic heterocycles. The fourth-order valence-electron chi connectivity index (χ4n) is 3.60. The highest BCUT2D eigenvalue weighted by molar-refractivity contribution is 5.97. The Balaban J connectivity index is 1.89. The Kier molecular flexibility index (Phi) is 4.99. The van der Waals surface area contributed by atoms with Crippen molar-refractivity contribution < 1.29 is 14.3 Å². The van der Waals surface area contributed by atoms with E-state index in [2.05, 4.69) is 4.98 Å². The van der Waals surface area contributed by atoms with Crippen LogP contribution in [0, 0.1) is 11.2 Å². The van der Waals surface area contributed by atoms with Gasteiger partial charge >= 0.3 is 0 Å². The molecule has 1 amide bonds. The van der Waals surface area contributed by atoms with Crippen molar-refractivity contribution in [2.75, 3.05) is 24.6 Å². The molecule has 0 saturated carbocycles. The molecule has 3 rings (SSSR count). The molecule has 0 unspecified atom stereocenters. The topological polar surface area (TPSA) is 79.5 Å². The van der Waals surface area contributed by atoms with E-state index in [0.29, 0.717) is 29.9 Å². The molecular weight excluding hydrogens is 321 g/mol. The third-order valence-electron chi connectivity index (χ3n) is 4.87. The number of anilines is 1. The second-order valence-corrected chi connectivity index (χ2v) is 6.69. The third-order valence-corrected chi connectivity index (χ3v) is 4.87. The van der Waals surface area contributed by atoms with Gasteiger partial charge in [-0.05, 0) is 43.0 Å². The Hall–Kier alpha value is -2.47. The van der Waals surface area contributed by atoms with Crippen molar-refractivity contribution in [3.63, 3.8) is 0 Å². The highest BCUT2D eigenvalue weighted by Gasteiger charge is 2.37. The molecule has 0 bridgehead atoms. The SMILES string of the molecule is NC(=O)c1cccnc1N1CCC[C@](CO)(Cc2ccccc2F)C1. The molecule has 132 valence electrons. The minimum absolute atomic E-state index is 0.0590. The van der Waals surface area contributed by atoms with Crippen LogP contribution in [0.5, 0.6) is 0 Å². The van der Waals surface area contributed by atoms with Crippen LogP contribution >= 0.6 is 0 Å². The average Bonchev–Trinajstić information content (AvgIpc) is 2.64. The first-order valence-electron chi connectivity index (χ1n) is 8.39. The maximum absolute atomic E-state index is 14.1. The van der Waals surface area contributed by atoms with E-state index in [-0.39, 0.29) is 12.4 Å². The van der Waals surface area contributed by atoms with Gasteiger partial charge < -0.3 is 15.7 Å². The number of hydrogen-bond acceptors (Lipinski definition) is 4. The molecule has 5 nitrogen and oxygen atoms in total. The molecule has 25 heavy (non-hydrogen) atoms. The molecule has 0 radical (unpaired) electrons. The number of halogens is 1. The lowest BCUT2D eigenvalue weighted by atomic mass is 9.75. The van der Waals surface area contributed by atoms with Gasteiger partial charge in [0.05, 0.1) is 12.2 Å². The highest BCUT2D eigenvalue weighted by atomic mass is 19.1. The molecular formula is C19H22FN3O2. The van der Waals surface area contributed by atoms with Crippen molar-refractivity contribution in [3.05, 3.63) is 59.5 Å². The zero-order valence-electron chi connectivity index (χ0n) is 14.0. The standard InChI is InChI=1S/C19H22FN3O2/c20-16-7-2-1-5-14(16)11-19(13-24)8-4-10-23(12-19)18-15(17(21)25)6-3-9-22-18/h1-3,5-7,9,24H,4,8,10-13H2,(H2,21,25)/t19-/m0/s1. The fraction of sp³-hybridized carbons (Fsp3) is 0.368. The molecule has 1 aliphatic rings. The zero-order valence-corrected chi connectivity index (χ0v) is 14.0. The molecule has 2 aromatic rings. The Morgan fingerprint density at radius 2 is 2.12 bits per heavy atom. The van der Waals surface area contributed by atoms with E-state index in [1.807, 2.05) is 4.90 Å². The maximum atomic E-state index is 14.1. The van der Waals surface area contributed by atoms with Crippen LogP contribution in [0.25, 0.3) is 0 Å². The first kappa shape index (κ1) is 17.4.